The molecule has 1 heterocycles. The molecule has 0 saturated carbocycles. The van der Waals surface area contributed by atoms with Gasteiger partial charge in [-0.2, -0.15) is 0 Å². The average Bonchev–Trinajstić information content (AvgIpc) is 2.60. The van der Waals surface area contributed by atoms with Crippen molar-refractivity contribution in [3.05, 3.63) is 24.4 Å². The van der Waals surface area contributed by atoms with E-state index in [1.807, 2.05) is 0 Å². The number of aromatic hydroxyl groups is 1. The van der Waals surface area contributed by atoms with Crippen LogP contribution in [-0.2, 0) is 0 Å². The van der Waals surface area contributed by atoms with Crippen LogP contribution in [0.3, 0.4) is 0 Å². The molecule has 74 valence electrons. The summed E-state index contributed by atoms with van der Waals surface area (Å²) >= 11 is 0. The predicted octanol–water partition coefficient (Wildman–Crippen LogP) is 0.163. The summed E-state index contributed by atoms with van der Waals surface area (Å²) in [7, 11) is 0. The highest BCUT2D eigenvalue weighted by atomic mass is 16.7. The highest BCUT2D eigenvalue weighted by Crippen LogP contribution is 2.22. The summed E-state index contributed by atoms with van der Waals surface area (Å²) in [6, 6.07) is 5.07. The Labute approximate surface area is 80.1 Å². The minimum atomic E-state index is -0.0693. The first-order valence-corrected chi connectivity index (χ1v) is 4.23. The molecule has 1 aromatic heterocycles. The zero-order valence-corrected chi connectivity index (χ0v) is 7.42. The Morgan fingerprint density at radius 2 is 2.29 bits per heavy atom. The van der Waals surface area contributed by atoms with Crippen LogP contribution in [0.25, 0.3) is 10.9 Å². The van der Waals surface area contributed by atoms with Crippen molar-refractivity contribution in [2.45, 2.75) is 0 Å². The number of aliphatic hydroxyl groups is 1. The number of rotatable bonds is 3. The lowest BCUT2D eigenvalue weighted by molar-refractivity contribution is 0.0616. The Kier molecular flexibility index (Phi) is 2.24. The zero-order valence-electron chi connectivity index (χ0n) is 7.42. The van der Waals surface area contributed by atoms with Gasteiger partial charge in [-0.15, -0.1) is 5.10 Å². The third-order valence-corrected chi connectivity index (χ3v) is 1.86. The van der Waals surface area contributed by atoms with Gasteiger partial charge in [-0.1, -0.05) is 10.9 Å². The van der Waals surface area contributed by atoms with Crippen molar-refractivity contribution in [1.29, 1.82) is 0 Å². The van der Waals surface area contributed by atoms with Gasteiger partial charge in [-0.05, 0) is 12.1 Å². The minimum Gasteiger partial charge on any atom is -0.507 e. The molecule has 0 radical (unpaired) electrons. The van der Waals surface area contributed by atoms with Crippen molar-refractivity contribution in [2.24, 2.45) is 0 Å². The Morgan fingerprint density at radius 3 is 3.07 bits per heavy atom. The second-order valence-electron chi connectivity index (χ2n) is 2.78. The van der Waals surface area contributed by atoms with Gasteiger partial charge >= 0.3 is 0 Å². The first-order valence-electron chi connectivity index (χ1n) is 4.23. The zero-order chi connectivity index (χ0) is 9.97. The number of fused-ring (bicyclic) bond motifs is 1. The Balaban J connectivity index is 2.42. The third-order valence-electron chi connectivity index (χ3n) is 1.86. The highest BCUT2D eigenvalue weighted by molar-refractivity contribution is 5.84. The lowest BCUT2D eigenvalue weighted by Gasteiger charge is -2.03. The first-order chi connectivity index (χ1) is 6.83. The topological polar surface area (TPSA) is 67.5 Å². The summed E-state index contributed by atoms with van der Waals surface area (Å²) in [5, 5.41) is 22.6. The van der Waals surface area contributed by atoms with E-state index in [1.165, 1.54) is 11.0 Å². The molecule has 14 heavy (non-hydrogen) atoms. The van der Waals surface area contributed by atoms with E-state index in [0.717, 1.165) is 0 Å². The molecule has 2 rings (SSSR count). The number of aromatic nitrogens is 2. The molecule has 0 atom stereocenters. The SMILES string of the molecule is OCCOn1ncc2c(O)cccc21. The van der Waals surface area contributed by atoms with Crippen molar-refractivity contribution < 1.29 is 15.1 Å². The average molecular weight is 194 g/mol. The maximum atomic E-state index is 9.45. The molecule has 0 aliphatic carbocycles. The van der Waals surface area contributed by atoms with E-state index in [1.54, 1.807) is 18.2 Å². The molecule has 0 saturated heterocycles. The Bertz CT molecular complexity index is 439. The Hall–Kier alpha value is -1.75. The van der Waals surface area contributed by atoms with Crippen LogP contribution in [0, 0.1) is 0 Å². The van der Waals surface area contributed by atoms with Gasteiger partial charge in [0.15, 0.2) is 0 Å². The standard InChI is InChI=1S/C9H10N2O3/c12-4-5-14-11-8-2-1-3-9(13)7(8)6-10-11/h1-3,6,12-13H,4-5H2. The summed E-state index contributed by atoms with van der Waals surface area (Å²) < 4.78 is 0. The van der Waals surface area contributed by atoms with Crippen molar-refractivity contribution in [3.63, 3.8) is 0 Å². The van der Waals surface area contributed by atoms with Crippen LogP contribution < -0.4 is 4.84 Å². The van der Waals surface area contributed by atoms with Gasteiger partial charge in [0.2, 0.25) is 0 Å². The Morgan fingerprint density at radius 1 is 1.43 bits per heavy atom. The fourth-order valence-corrected chi connectivity index (χ4v) is 1.24. The molecule has 1 aromatic carbocycles. The molecule has 0 amide bonds. The number of hydrogen-bond acceptors (Lipinski definition) is 4. The van der Waals surface area contributed by atoms with Crippen LogP contribution in [0.15, 0.2) is 24.4 Å². The summed E-state index contributed by atoms with van der Waals surface area (Å²) in [5.74, 6) is 0.168. The number of nitrogens with zero attached hydrogens (tertiary/aromatic N) is 2. The van der Waals surface area contributed by atoms with Gasteiger partial charge in [-0.3, -0.25) is 0 Å². The van der Waals surface area contributed by atoms with Gasteiger partial charge in [0.25, 0.3) is 0 Å². The molecule has 0 aliphatic heterocycles. The smallest absolute Gasteiger partial charge is 0.140 e. The number of aliphatic hydroxyl groups excluding tert-OH is 1. The maximum Gasteiger partial charge on any atom is 0.140 e. The molecular formula is C9H10N2O3. The van der Waals surface area contributed by atoms with Crippen LogP contribution in [0.4, 0.5) is 0 Å². The fraction of sp³-hybridized carbons (Fsp3) is 0.222. The van der Waals surface area contributed by atoms with E-state index in [4.69, 9.17) is 9.94 Å². The summed E-state index contributed by atoms with van der Waals surface area (Å²) in [5.41, 5.74) is 0.679. The summed E-state index contributed by atoms with van der Waals surface area (Å²) in [4.78, 5) is 6.39. The van der Waals surface area contributed by atoms with E-state index in [0.29, 0.717) is 10.9 Å². The molecule has 0 spiro atoms. The molecule has 5 heteroatoms. The van der Waals surface area contributed by atoms with Crippen molar-refractivity contribution in [1.82, 2.24) is 9.94 Å². The van der Waals surface area contributed by atoms with Gasteiger partial charge in [0.1, 0.15) is 17.9 Å². The highest BCUT2D eigenvalue weighted by Gasteiger charge is 2.05. The molecule has 2 N–H and O–H groups in total. The summed E-state index contributed by atoms with van der Waals surface area (Å²) in [6.07, 6.45) is 1.52. The van der Waals surface area contributed by atoms with Crippen molar-refractivity contribution >= 4 is 10.9 Å². The van der Waals surface area contributed by atoms with Gasteiger partial charge in [-0.25, -0.2) is 0 Å². The van der Waals surface area contributed by atoms with Gasteiger partial charge < -0.3 is 15.1 Å². The molecule has 0 bridgehead atoms. The molecule has 0 unspecified atom stereocenters. The van der Waals surface area contributed by atoms with E-state index in [-0.39, 0.29) is 19.0 Å². The third kappa shape index (κ3) is 1.38. The second kappa shape index (κ2) is 3.55. The molecule has 2 aromatic rings. The molecule has 0 fully saturated rings. The maximum absolute atomic E-state index is 9.45. The van der Waals surface area contributed by atoms with Crippen LogP contribution >= 0.6 is 0 Å². The molecular weight excluding hydrogens is 184 g/mol. The lowest BCUT2D eigenvalue weighted by atomic mass is 10.2. The predicted molar refractivity (Wildman–Crippen MR) is 49.9 cm³/mol. The fourth-order valence-electron chi connectivity index (χ4n) is 1.24. The van der Waals surface area contributed by atoms with E-state index in [2.05, 4.69) is 5.10 Å². The number of phenols is 1. The lowest BCUT2D eigenvalue weighted by Crippen LogP contribution is -2.16. The summed E-state index contributed by atoms with van der Waals surface area (Å²) in [6.45, 7) is 0.104. The van der Waals surface area contributed by atoms with Crippen LogP contribution in [0.5, 0.6) is 5.75 Å². The van der Waals surface area contributed by atoms with Crippen molar-refractivity contribution in [2.75, 3.05) is 13.2 Å². The number of benzene rings is 1. The van der Waals surface area contributed by atoms with E-state index in [9.17, 15) is 5.11 Å². The first kappa shape index (κ1) is 8.83. The van der Waals surface area contributed by atoms with Crippen LogP contribution in [0.2, 0.25) is 0 Å². The molecule has 0 aliphatic rings. The largest absolute Gasteiger partial charge is 0.507 e. The van der Waals surface area contributed by atoms with Gasteiger partial charge in [0.05, 0.1) is 18.2 Å². The number of phenolic OH excluding ortho intramolecular Hbond substituents is 1. The second-order valence-corrected chi connectivity index (χ2v) is 2.78. The van der Waals surface area contributed by atoms with E-state index >= 15 is 0 Å². The van der Waals surface area contributed by atoms with Crippen LogP contribution in [-0.4, -0.2) is 33.4 Å². The van der Waals surface area contributed by atoms with Crippen molar-refractivity contribution in [3.8, 4) is 5.75 Å². The number of hydrogen-bond donors (Lipinski definition) is 2. The minimum absolute atomic E-state index is 0.0693. The van der Waals surface area contributed by atoms with Crippen LogP contribution in [0.1, 0.15) is 0 Å². The van der Waals surface area contributed by atoms with Gasteiger partial charge in [0, 0.05) is 0 Å². The van der Waals surface area contributed by atoms with E-state index < -0.39 is 0 Å². The molecule has 5 nitrogen and oxygen atoms in total. The monoisotopic (exact) mass is 194 g/mol. The normalized spacial score (nSPS) is 10.6. The quantitative estimate of drug-likeness (QED) is 0.730.